The quantitative estimate of drug-likeness (QED) is 0.574. The van der Waals surface area contributed by atoms with Crippen LogP contribution in [-0.4, -0.2) is 37.6 Å². The molecule has 0 saturated heterocycles. The molecule has 0 aliphatic heterocycles. The predicted octanol–water partition coefficient (Wildman–Crippen LogP) is 3.76. The van der Waals surface area contributed by atoms with Crippen molar-refractivity contribution in [1.29, 1.82) is 0 Å². The first kappa shape index (κ1) is 19.4. The van der Waals surface area contributed by atoms with Crippen LogP contribution in [-0.2, 0) is 14.3 Å². The summed E-state index contributed by atoms with van der Waals surface area (Å²) in [4.78, 5) is 25.0. The average molecular weight is 408 g/mol. The molecule has 2 unspecified atom stereocenters. The second-order valence-electron chi connectivity index (χ2n) is 8.58. The number of halogens is 1. The van der Waals surface area contributed by atoms with Crippen LogP contribution in [0.2, 0.25) is 0 Å². The monoisotopic (exact) mass is 407 g/mol. The average Bonchev–Trinajstić information content (AvgIpc) is 2.64. The lowest BCUT2D eigenvalue weighted by molar-refractivity contribution is -0.171. The molecule has 152 valence electrons. The van der Waals surface area contributed by atoms with Gasteiger partial charge in [0.15, 0.2) is 6.61 Å². The van der Waals surface area contributed by atoms with Gasteiger partial charge in [0, 0.05) is 10.9 Å². The Balaban J connectivity index is 1.37. The van der Waals surface area contributed by atoms with Crippen molar-refractivity contribution < 1.29 is 23.8 Å². The van der Waals surface area contributed by atoms with Crippen LogP contribution in [0.25, 0.3) is 0 Å². The number of carbonyl (C=O) groups is 2. The lowest BCUT2D eigenvalue weighted by Gasteiger charge is -2.58. The number of methoxy groups -OCH3 is 2. The number of hydrogen-bond acceptors (Lipinski definition) is 5. The summed E-state index contributed by atoms with van der Waals surface area (Å²) in [5.74, 6) is 1.43. The van der Waals surface area contributed by atoms with Gasteiger partial charge in [-0.1, -0.05) is 0 Å². The Kier molecular flexibility index (Phi) is 4.94. The molecule has 5 rings (SSSR count). The molecular weight excluding hydrogens is 382 g/mol. The van der Waals surface area contributed by atoms with Gasteiger partial charge in [0.1, 0.15) is 11.5 Å². The second kappa shape index (κ2) is 7.14. The Hall–Kier alpha value is -1.95. The number of rotatable bonds is 6. The number of amides is 1. The number of esters is 1. The Morgan fingerprint density at radius 1 is 1.14 bits per heavy atom. The molecule has 0 aromatic heterocycles. The van der Waals surface area contributed by atoms with Gasteiger partial charge < -0.3 is 19.5 Å². The van der Waals surface area contributed by atoms with E-state index in [1.165, 1.54) is 13.5 Å². The highest BCUT2D eigenvalue weighted by atomic mass is 35.5. The summed E-state index contributed by atoms with van der Waals surface area (Å²) >= 11 is 6.78. The smallest absolute Gasteiger partial charge is 0.312 e. The molecule has 0 radical (unpaired) electrons. The third-order valence-electron chi connectivity index (χ3n) is 6.44. The summed E-state index contributed by atoms with van der Waals surface area (Å²) in [7, 11) is 3.07. The Bertz CT molecular complexity index is 781. The van der Waals surface area contributed by atoms with Gasteiger partial charge in [-0.25, -0.2) is 0 Å². The highest BCUT2D eigenvalue weighted by molar-refractivity contribution is 6.24. The first-order valence-electron chi connectivity index (χ1n) is 9.73. The molecule has 28 heavy (non-hydrogen) atoms. The number of ether oxygens (including phenoxy) is 3. The number of anilines is 1. The molecule has 1 aromatic carbocycles. The Labute approximate surface area is 169 Å². The third kappa shape index (κ3) is 3.54. The number of carbonyl (C=O) groups excluding carboxylic acids is 2. The zero-order chi connectivity index (χ0) is 19.9. The maximum absolute atomic E-state index is 12.9. The molecule has 0 heterocycles. The van der Waals surface area contributed by atoms with Crippen LogP contribution < -0.4 is 14.8 Å². The molecule has 6 nitrogen and oxygen atoms in total. The zero-order valence-corrected chi connectivity index (χ0v) is 17.0. The molecule has 4 saturated carbocycles. The SMILES string of the molecule is COc1ccc(NC(=O)COC(=O)C23C[C@@H]4C[C@@H](CC(Cl)(C4)C2)C3)c(OC)c1. The number of alkyl halides is 1. The van der Waals surface area contributed by atoms with Crippen molar-refractivity contribution in [3.63, 3.8) is 0 Å². The van der Waals surface area contributed by atoms with E-state index in [4.69, 9.17) is 25.8 Å². The topological polar surface area (TPSA) is 73.9 Å². The van der Waals surface area contributed by atoms with Crippen molar-refractivity contribution in [2.24, 2.45) is 17.3 Å². The van der Waals surface area contributed by atoms with E-state index in [-0.39, 0.29) is 17.5 Å². The summed E-state index contributed by atoms with van der Waals surface area (Å²) in [6, 6.07) is 5.09. The van der Waals surface area contributed by atoms with Crippen LogP contribution in [0.15, 0.2) is 18.2 Å². The molecule has 4 bridgehead atoms. The fourth-order valence-electron chi connectivity index (χ4n) is 5.76. The molecule has 1 N–H and O–H groups in total. The molecule has 4 fully saturated rings. The number of hydrogen-bond donors (Lipinski definition) is 1. The molecule has 7 heteroatoms. The van der Waals surface area contributed by atoms with Gasteiger partial charge in [-0.15, -0.1) is 11.6 Å². The molecule has 1 amide bonds. The molecule has 0 spiro atoms. The van der Waals surface area contributed by atoms with Crippen LogP contribution in [0, 0.1) is 17.3 Å². The van der Waals surface area contributed by atoms with E-state index in [1.54, 1.807) is 25.3 Å². The lowest BCUT2D eigenvalue weighted by Crippen LogP contribution is -2.56. The van der Waals surface area contributed by atoms with Crippen molar-refractivity contribution in [1.82, 2.24) is 0 Å². The summed E-state index contributed by atoms with van der Waals surface area (Å²) in [5.41, 5.74) is -0.0111. The highest BCUT2D eigenvalue weighted by Crippen LogP contribution is 2.64. The zero-order valence-electron chi connectivity index (χ0n) is 16.3. The minimum Gasteiger partial charge on any atom is -0.497 e. The highest BCUT2D eigenvalue weighted by Gasteiger charge is 2.60. The number of benzene rings is 1. The first-order valence-corrected chi connectivity index (χ1v) is 10.1. The van der Waals surface area contributed by atoms with Crippen LogP contribution in [0.1, 0.15) is 38.5 Å². The fraction of sp³-hybridized carbons (Fsp3) is 0.619. The first-order chi connectivity index (χ1) is 13.3. The largest absolute Gasteiger partial charge is 0.497 e. The van der Waals surface area contributed by atoms with Gasteiger partial charge in [0.25, 0.3) is 5.91 Å². The summed E-state index contributed by atoms with van der Waals surface area (Å²) in [5, 5.41) is 2.73. The second-order valence-corrected chi connectivity index (χ2v) is 9.38. The van der Waals surface area contributed by atoms with Gasteiger partial charge in [-0.05, 0) is 62.5 Å². The lowest BCUT2D eigenvalue weighted by atomic mass is 9.49. The van der Waals surface area contributed by atoms with Crippen LogP contribution in [0.4, 0.5) is 5.69 Å². The van der Waals surface area contributed by atoms with Crippen LogP contribution in [0.5, 0.6) is 11.5 Å². The van der Waals surface area contributed by atoms with E-state index in [0.717, 1.165) is 25.7 Å². The van der Waals surface area contributed by atoms with Gasteiger partial charge in [0.2, 0.25) is 0 Å². The van der Waals surface area contributed by atoms with Crippen molar-refractivity contribution in [2.45, 2.75) is 43.4 Å². The van der Waals surface area contributed by atoms with Gasteiger partial charge in [0.05, 0.1) is 25.3 Å². The maximum atomic E-state index is 12.9. The minimum absolute atomic E-state index is 0.262. The summed E-state index contributed by atoms with van der Waals surface area (Å²) in [6.07, 6.45) is 5.51. The van der Waals surface area contributed by atoms with Gasteiger partial charge in [-0.3, -0.25) is 9.59 Å². The molecule has 4 aliphatic carbocycles. The Morgan fingerprint density at radius 3 is 2.46 bits per heavy atom. The number of nitrogens with one attached hydrogen (secondary N) is 1. The van der Waals surface area contributed by atoms with E-state index in [9.17, 15) is 9.59 Å². The van der Waals surface area contributed by atoms with Crippen molar-refractivity contribution in [3.8, 4) is 11.5 Å². The van der Waals surface area contributed by atoms with Gasteiger partial charge >= 0.3 is 5.97 Å². The molecule has 4 aliphatic rings. The van der Waals surface area contributed by atoms with E-state index in [1.807, 2.05) is 0 Å². The summed E-state index contributed by atoms with van der Waals surface area (Å²) < 4.78 is 15.9. The van der Waals surface area contributed by atoms with E-state index < -0.39 is 11.3 Å². The van der Waals surface area contributed by atoms with E-state index >= 15 is 0 Å². The molecular formula is C21H26ClNO5. The van der Waals surface area contributed by atoms with Crippen molar-refractivity contribution in [2.75, 3.05) is 26.1 Å². The van der Waals surface area contributed by atoms with E-state index in [2.05, 4.69) is 5.32 Å². The molecule has 4 atom stereocenters. The third-order valence-corrected chi connectivity index (χ3v) is 6.88. The normalized spacial score (nSPS) is 32.7. The fourth-order valence-corrected chi connectivity index (χ4v) is 6.45. The molecule has 1 aromatic rings. The predicted molar refractivity (Wildman–Crippen MR) is 105 cm³/mol. The van der Waals surface area contributed by atoms with Gasteiger partial charge in [-0.2, -0.15) is 0 Å². The summed E-state index contributed by atoms with van der Waals surface area (Å²) in [6.45, 7) is -0.319. The van der Waals surface area contributed by atoms with E-state index in [0.29, 0.717) is 35.4 Å². The van der Waals surface area contributed by atoms with Crippen molar-refractivity contribution >= 4 is 29.2 Å². The van der Waals surface area contributed by atoms with Crippen molar-refractivity contribution in [3.05, 3.63) is 18.2 Å². The van der Waals surface area contributed by atoms with Crippen LogP contribution in [0.3, 0.4) is 0 Å². The minimum atomic E-state index is -0.510. The Morgan fingerprint density at radius 2 is 1.86 bits per heavy atom. The van der Waals surface area contributed by atoms with Crippen LogP contribution >= 0.6 is 11.6 Å². The standard InChI is InChI=1S/C21H26ClNO5/c1-26-15-3-4-16(17(6-15)27-2)23-18(24)11-28-19(25)20-7-13-5-14(8-20)10-21(22,9-13)12-20/h3-4,6,13-14H,5,7-12H2,1-2H3,(H,23,24)/t13-,14+,20?,21?. The maximum Gasteiger partial charge on any atom is 0.312 e.